The summed E-state index contributed by atoms with van der Waals surface area (Å²) in [5, 5.41) is 10.7. The number of morpholine rings is 1. The highest BCUT2D eigenvalue weighted by molar-refractivity contribution is 7.89. The second-order valence-electron chi connectivity index (χ2n) is 5.33. The molecule has 2 heterocycles. The van der Waals surface area contributed by atoms with Crippen LogP contribution >= 0.6 is 11.3 Å². The van der Waals surface area contributed by atoms with Gasteiger partial charge < -0.3 is 9.84 Å². The molecule has 6 nitrogen and oxygen atoms in total. The Labute approximate surface area is 122 Å². The molecular formula is C12H17NO5S2. The van der Waals surface area contributed by atoms with E-state index in [2.05, 4.69) is 0 Å². The number of carboxylic acid groups (broad SMARTS) is 1. The average Bonchev–Trinajstić information content (AvgIpc) is 2.70. The van der Waals surface area contributed by atoms with Crippen molar-refractivity contribution in [2.75, 3.05) is 19.7 Å². The topological polar surface area (TPSA) is 83.9 Å². The summed E-state index contributed by atoms with van der Waals surface area (Å²) in [6, 6.07) is 0. The molecule has 0 bridgehead atoms. The van der Waals surface area contributed by atoms with Crippen LogP contribution in [0.1, 0.15) is 29.1 Å². The first-order valence-corrected chi connectivity index (χ1v) is 8.42. The molecule has 0 aromatic carbocycles. The van der Waals surface area contributed by atoms with Crippen molar-refractivity contribution in [3.8, 4) is 0 Å². The van der Waals surface area contributed by atoms with Crippen LogP contribution in [0.25, 0.3) is 0 Å². The SMILES string of the molecule is Cc1csc(C(=O)O)c1S(=O)(=O)N1CCOC(C)(C)C1. The predicted molar refractivity (Wildman–Crippen MR) is 74.8 cm³/mol. The molecule has 1 fully saturated rings. The zero-order valence-electron chi connectivity index (χ0n) is 11.5. The Morgan fingerprint density at radius 1 is 1.50 bits per heavy atom. The fourth-order valence-corrected chi connectivity index (χ4v) is 5.37. The first-order valence-electron chi connectivity index (χ1n) is 6.11. The fourth-order valence-electron chi connectivity index (χ4n) is 2.21. The number of sulfonamides is 1. The van der Waals surface area contributed by atoms with Gasteiger partial charge in [0.25, 0.3) is 0 Å². The van der Waals surface area contributed by atoms with E-state index in [1.807, 2.05) is 13.8 Å². The number of hydrogen-bond donors (Lipinski definition) is 1. The lowest BCUT2D eigenvalue weighted by Crippen LogP contribution is -2.50. The second kappa shape index (κ2) is 5.10. The Kier molecular flexibility index (Phi) is 3.94. The molecule has 1 aliphatic rings. The van der Waals surface area contributed by atoms with Gasteiger partial charge in [0.05, 0.1) is 12.2 Å². The van der Waals surface area contributed by atoms with Crippen molar-refractivity contribution in [1.29, 1.82) is 0 Å². The molecule has 1 aromatic rings. The van der Waals surface area contributed by atoms with E-state index >= 15 is 0 Å². The molecule has 112 valence electrons. The molecule has 8 heteroatoms. The summed E-state index contributed by atoms with van der Waals surface area (Å²) < 4.78 is 32.2. The lowest BCUT2D eigenvalue weighted by molar-refractivity contribution is -0.0640. The van der Waals surface area contributed by atoms with Gasteiger partial charge in [-0.1, -0.05) is 0 Å². The number of carbonyl (C=O) groups is 1. The molecule has 0 unspecified atom stereocenters. The Balaban J connectivity index is 2.46. The van der Waals surface area contributed by atoms with Crippen molar-refractivity contribution in [3.63, 3.8) is 0 Å². The van der Waals surface area contributed by atoms with Crippen LogP contribution < -0.4 is 0 Å². The number of rotatable bonds is 3. The number of thiophene rings is 1. The van der Waals surface area contributed by atoms with Crippen LogP contribution in [-0.4, -0.2) is 49.1 Å². The van der Waals surface area contributed by atoms with Crippen LogP contribution in [0.2, 0.25) is 0 Å². The Morgan fingerprint density at radius 3 is 2.70 bits per heavy atom. The predicted octanol–water partition coefficient (Wildman–Crippen LogP) is 1.55. The van der Waals surface area contributed by atoms with E-state index in [1.165, 1.54) is 4.31 Å². The highest BCUT2D eigenvalue weighted by Crippen LogP contribution is 2.31. The van der Waals surface area contributed by atoms with Gasteiger partial charge in [0.1, 0.15) is 9.77 Å². The molecule has 0 atom stereocenters. The maximum absolute atomic E-state index is 12.7. The minimum atomic E-state index is -3.81. The molecule has 20 heavy (non-hydrogen) atoms. The summed E-state index contributed by atoms with van der Waals surface area (Å²) in [4.78, 5) is 11.0. The minimum absolute atomic E-state index is 0.0901. The third-order valence-electron chi connectivity index (χ3n) is 3.10. The summed E-state index contributed by atoms with van der Waals surface area (Å²) in [7, 11) is -3.81. The van der Waals surface area contributed by atoms with Crippen LogP contribution in [0.5, 0.6) is 0 Å². The van der Waals surface area contributed by atoms with Gasteiger partial charge in [0, 0.05) is 13.1 Å². The summed E-state index contributed by atoms with van der Waals surface area (Å²) in [6.07, 6.45) is 0. The van der Waals surface area contributed by atoms with Crippen LogP contribution in [0.3, 0.4) is 0 Å². The van der Waals surface area contributed by atoms with Gasteiger partial charge in [-0.05, 0) is 31.7 Å². The van der Waals surface area contributed by atoms with E-state index < -0.39 is 21.6 Å². The number of hydrogen-bond acceptors (Lipinski definition) is 5. The number of ether oxygens (including phenoxy) is 1. The van der Waals surface area contributed by atoms with E-state index in [4.69, 9.17) is 9.84 Å². The summed E-state index contributed by atoms with van der Waals surface area (Å²) in [5.41, 5.74) is -0.102. The maximum Gasteiger partial charge on any atom is 0.347 e. The molecule has 0 aliphatic carbocycles. The summed E-state index contributed by atoms with van der Waals surface area (Å²) in [6.45, 7) is 5.99. The number of carboxylic acids is 1. The molecule has 1 saturated heterocycles. The third-order valence-corrected chi connectivity index (χ3v) is 6.35. The van der Waals surface area contributed by atoms with Crippen LogP contribution in [-0.2, 0) is 14.8 Å². The second-order valence-corrected chi connectivity index (χ2v) is 8.08. The normalized spacial score (nSPS) is 19.9. The number of nitrogens with zero attached hydrogens (tertiary/aromatic N) is 1. The van der Waals surface area contributed by atoms with Crippen molar-refractivity contribution in [3.05, 3.63) is 15.8 Å². The molecule has 1 N–H and O–H groups in total. The molecule has 2 rings (SSSR count). The Bertz CT molecular complexity index is 632. The van der Waals surface area contributed by atoms with Gasteiger partial charge in [-0.15, -0.1) is 11.3 Å². The standard InChI is InChI=1S/C12H17NO5S2/c1-8-6-19-9(11(14)15)10(8)20(16,17)13-4-5-18-12(2,3)7-13/h6H,4-5,7H2,1-3H3,(H,14,15). The third kappa shape index (κ3) is 2.73. The zero-order valence-corrected chi connectivity index (χ0v) is 13.2. The van der Waals surface area contributed by atoms with Gasteiger partial charge >= 0.3 is 5.97 Å². The highest BCUT2D eigenvalue weighted by Gasteiger charge is 2.38. The molecular weight excluding hydrogens is 302 g/mol. The van der Waals surface area contributed by atoms with E-state index in [9.17, 15) is 13.2 Å². The fraction of sp³-hybridized carbons (Fsp3) is 0.583. The van der Waals surface area contributed by atoms with Crippen molar-refractivity contribution in [2.24, 2.45) is 0 Å². The van der Waals surface area contributed by atoms with Gasteiger partial charge in [-0.25, -0.2) is 13.2 Å². The van der Waals surface area contributed by atoms with Gasteiger partial charge in [0.2, 0.25) is 10.0 Å². The number of aromatic carboxylic acids is 1. The Morgan fingerprint density at radius 2 is 2.15 bits per heavy atom. The summed E-state index contributed by atoms with van der Waals surface area (Å²) >= 11 is 0.938. The molecule has 0 saturated carbocycles. The van der Waals surface area contributed by atoms with Crippen molar-refractivity contribution >= 4 is 27.3 Å². The van der Waals surface area contributed by atoms with E-state index in [0.29, 0.717) is 12.2 Å². The van der Waals surface area contributed by atoms with Crippen molar-refractivity contribution < 1.29 is 23.1 Å². The van der Waals surface area contributed by atoms with Crippen molar-refractivity contribution in [2.45, 2.75) is 31.3 Å². The lowest BCUT2D eigenvalue weighted by atomic mass is 10.1. The van der Waals surface area contributed by atoms with Gasteiger partial charge in [-0.3, -0.25) is 0 Å². The van der Waals surface area contributed by atoms with E-state index in [-0.39, 0.29) is 22.9 Å². The Hall–Kier alpha value is -0.960. The molecule has 0 radical (unpaired) electrons. The van der Waals surface area contributed by atoms with Gasteiger partial charge in [-0.2, -0.15) is 4.31 Å². The average molecular weight is 319 g/mol. The number of aryl methyl sites for hydroxylation is 1. The zero-order chi connectivity index (χ0) is 15.1. The monoisotopic (exact) mass is 319 g/mol. The van der Waals surface area contributed by atoms with Crippen LogP contribution in [0.4, 0.5) is 0 Å². The first kappa shape index (κ1) is 15.4. The molecule has 1 aromatic heterocycles. The molecule has 0 spiro atoms. The highest BCUT2D eigenvalue weighted by atomic mass is 32.2. The van der Waals surface area contributed by atoms with Gasteiger partial charge in [0.15, 0.2) is 0 Å². The van der Waals surface area contributed by atoms with E-state index in [0.717, 1.165) is 11.3 Å². The maximum atomic E-state index is 12.7. The largest absolute Gasteiger partial charge is 0.477 e. The summed E-state index contributed by atoms with van der Waals surface area (Å²) in [5.74, 6) is -1.21. The smallest absolute Gasteiger partial charge is 0.347 e. The van der Waals surface area contributed by atoms with E-state index in [1.54, 1.807) is 12.3 Å². The van der Waals surface area contributed by atoms with Crippen molar-refractivity contribution in [1.82, 2.24) is 4.31 Å². The quantitative estimate of drug-likeness (QED) is 0.914. The van der Waals surface area contributed by atoms with Crippen LogP contribution in [0, 0.1) is 6.92 Å². The first-order chi connectivity index (χ1) is 9.15. The molecule has 1 aliphatic heterocycles. The lowest BCUT2D eigenvalue weighted by Gasteiger charge is -2.37. The van der Waals surface area contributed by atoms with Crippen LogP contribution in [0.15, 0.2) is 10.3 Å². The molecule has 0 amide bonds. The minimum Gasteiger partial charge on any atom is -0.477 e.